The summed E-state index contributed by atoms with van der Waals surface area (Å²) in [5, 5.41) is 0. The highest BCUT2D eigenvalue weighted by Gasteiger charge is 2.13. The number of rotatable bonds is 6. The SMILES string of the molecule is CCCCCCCC1=CCc2ccc(Br)cc21. The summed E-state index contributed by atoms with van der Waals surface area (Å²) < 4.78 is 1.20. The van der Waals surface area contributed by atoms with Crippen molar-refractivity contribution in [2.24, 2.45) is 0 Å². The summed E-state index contributed by atoms with van der Waals surface area (Å²) in [5.74, 6) is 0. The molecule has 0 fully saturated rings. The number of benzene rings is 1. The molecule has 0 aliphatic heterocycles. The zero-order chi connectivity index (χ0) is 12.1. The van der Waals surface area contributed by atoms with Crippen molar-refractivity contribution >= 4 is 21.5 Å². The minimum atomic E-state index is 1.13. The van der Waals surface area contributed by atoms with Crippen LogP contribution in [0.15, 0.2) is 28.7 Å². The molecule has 0 radical (unpaired) electrons. The van der Waals surface area contributed by atoms with Crippen LogP contribution in [0.5, 0.6) is 0 Å². The predicted octanol–water partition coefficient (Wildman–Crippen LogP) is 5.75. The van der Waals surface area contributed by atoms with E-state index in [1.54, 1.807) is 5.57 Å². The Bertz CT molecular complexity index is 404. The first-order valence-electron chi connectivity index (χ1n) is 6.79. The summed E-state index contributed by atoms with van der Waals surface area (Å²) >= 11 is 3.57. The van der Waals surface area contributed by atoms with Crippen LogP contribution in [0.3, 0.4) is 0 Å². The van der Waals surface area contributed by atoms with Gasteiger partial charge in [0.1, 0.15) is 0 Å². The van der Waals surface area contributed by atoms with Crippen molar-refractivity contribution in [3.63, 3.8) is 0 Å². The van der Waals surface area contributed by atoms with Gasteiger partial charge in [-0.15, -0.1) is 0 Å². The molecule has 0 aromatic heterocycles. The number of allylic oxidation sites excluding steroid dienone is 2. The second-order valence-corrected chi connectivity index (χ2v) is 5.81. The lowest BCUT2D eigenvalue weighted by Crippen LogP contribution is -1.86. The lowest BCUT2D eigenvalue weighted by molar-refractivity contribution is 0.640. The van der Waals surface area contributed by atoms with Gasteiger partial charge in [-0.1, -0.05) is 60.7 Å². The molecule has 1 aliphatic rings. The molecule has 0 N–H and O–H groups in total. The van der Waals surface area contributed by atoms with E-state index in [4.69, 9.17) is 0 Å². The Hall–Kier alpha value is -0.560. The summed E-state index contributed by atoms with van der Waals surface area (Å²) in [6.07, 6.45) is 11.7. The van der Waals surface area contributed by atoms with Gasteiger partial charge in [-0.25, -0.2) is 0 Å². The molecule has 0 spiro atoms. The van der Waals surface area contributed by atoms with Crippen molar-refractivity contribution in [3.8, 4) is 0 Å². The van der Waals surface area contributed by atoms with Crippen molar-refractivity contribution in [1.82, 2.24) is 0 Å². The Kier molecular flexibility index (Phi) is 4.85. The maximum absolute atomic E-state index is 3.57. The fourth-order valence-corrected chi connectivity index (χ4v) is 2.89. The molecular formula is C16H21Br. The fourth-order valence-electron chi connectivity index (χ4n) is 2.52. The highest BCUT2D eigenvalue weighted by atomic mass is 79.9. The second-order valence-electron chi connectivity index (χ2n) is 4.90. The van der Waals surface area contributed by atoms with Gasteiger partial charge in [0.25, 0.3) is 0 Å². The minimum absolute atomic E-state index is 1.13. The van der Waals surface area contributed by atoms with Gasteiger partial charge in [0.05, 0.1) is 0 Å². The molecule has 0 unspecified atom stereocenters. The number of unbranched alkanes of at least 4 members (excludes halogenated alkanes) is 4. The third-order valence-corrected chi connectivity index (χ3v) is 4.03. The molecule has 0 heterocycles. The van der Waals surface area contributed by atoms with Crippen molar-refractivity contribution < 1.29 is 0 Å². The van der Waals surface area contributed by atoms with Crippen molar-refractivity contribution in [3.05, 3.63) is 39.9 Å². The van der Waals surface area contributed by atoms with E-state index < -0.39 is 0 Å². The molecule has 0 nitrogen and oxygen atoms in total. The number of fused-ring (bicyclic) bond motifs is 1. The Morgan fingerprint density at radius 2 is 1.94 bits per heavy atom. The van der Waals surface area contributed by atoms with Crippen molar-refractivity contribution in [2.45, 2.75) is 51.9 Å². The normalized spacial score (nSPS) is 13.6. The van der Waals surface area contributed by atoms with E-state index in [0.717, 1.165) is 6.42 Å². The number of halogens is 1. The largest absolute Gasteiger partial charge is 0.0763 e. The molecule has 0 atom stereocenters. The zero-order valence-corrected chi connectivity index (χ0v) is 12.2. The van der Waals surface area contributed by atoms with Gasteiger partial charge < -0.3 is 0 Å². The summed E-state index contributed by atoms with van der Waals surface area (Å²) in [5.41, 5.74) is 4.55. The third-order valence-electron chi connectivity index (χ3n) is 3.54. The van der Waals surface area contributed by atoms with Crippen LogP contribution in [-0.4, -0.2) is 0 Å². The zero-order valence-electron chi connectivity index (χ0n) is 10.6. The molecular weight excluding hydrogens is 272 g/mol. The Labute approximate surface area is 113 Å². The summed E-state index contributed by atoms with van der Waals surface area (Å²) in [7, 11) is 0. The quantitative estimate of drug-likeness (QED) is 0.586. The molecule has 0 saturated carbocycles. The predicted molar refractivity (Wildman–Crippen MR) is 79.2 cm³/mol. The van der Waals surface area contributed by atoms with E-state index in [9.17, 15) is 0 Å². The van der Waals surface area contributed by atoms with E-state index in [-0.39, 0.29) is 0 Å². The Morgan fingerprint density at radius 1 is 1.12 bits per heavy atom. The summed E-state index contributed by atoms with van der Waals surface area (Å²) in [4.78, 5) is 0. The molecule has 1 aliphatic carbocycles. The van der Waals surface area contributed by atoms with E-state index in [0.29, 0.717) is 0 Å². The third kappa shape index (κ3) is 3.45. The van der Waals surface area contributed by atoms with Gasteiger partial charge in [0.2, 0.25) is 0 Å². The van der Waals surface area contributed by atoms with Gasteiger partial charge in [-0.3, -0.25) is 0 Å². The van der Waals surface area contributed by atoms with Gasteiger partial charge in [0, 0.05) is 4.47 Å². The fraction of sp³-hybridized carbons (Fsp3) is 0.500. The smallest absolute Gasteiger partial charge is 0.0181 e. The van der Waals surface area contributed by atoms with E-state index >= 15 is 0 Å². The molecule has 1 aromatic carbocycles. The van der Waals surface area contributed by atoms with E-state index in [2.05, 4.69) is 47.1 Å². The van der Waals surface area contributed by atoms with Crippen LogP contribution in [-0.2, 0) is 6.42 Å². The molecule has 0 amide bonds. The highest BCUT2D eigenvalue weighted by Crippen LogP contribution is 2.33. The van der Waals surface area contributed by atoms with Gasteiger partial charge in [0.15, 0.2) is 0 Å². The second kappa shape index (κ2) is 6.39. The molecule has 92 valence electrons. The maximum Gasteiger partial charge on any atom is 0.0181 e. The molecule has 17 heavy (non-hydrogen) atoms. The molecule has 2 rings (SSSR count). The first-order chi connectivity index (χ1) is 8.31. The molecule has 1 aromatic rings. The van der Waals surface area contributed by atoms with E-state index in [1.165, 1.54) is 54.1 Å². The maximum atomic E-state index is 3.57. The van der Waals surface area contributed by atoms with Crippen LogP contribution >= 0.6 is 15.9 Å². The average Bonchev–Trinajstić information content (AvgIpc) is 2.72. The summed E-state index contributed by atoms with van der Waals surface area (Å²) in [6, 6.07) is 6.68. The van der Waals surface area contributed by atoms with Gasteiger partial charge in [-0.05, 0) is 48.1 Å². The number of hydrogen-bond donors (Lipinski definition) is 0. The Morgan fingerprint density at radius 3 is 2.76 bits per heavy atom. The number of hydrogen-bond acceptors (Lipinski definition) is 0. The highest BCUT2D eigenvalue weighted by molar-refractivity contribution is 9.10. The lowest BCUT2D eigenvalue weighted by Gasteiger charge is -2.06. The van der Waals surface area contributed by atoms with Crippen LogP contribution in [0.25, 0.3) is 5.57 Å². The first kappa shape index (κ1) is 12.9. The average molecular weight is 293 g/mol. The van der Waals surface area contributed by atoms with E-state index in [1.807, 2.05) is 0 Å². The van der Waals surface area contributed by atoms with Crippen LogP contribution in [0.4, 0.5) is 0 Å². The van der Waals surface area contributed by atoms with Crippen molar-refractivity contribution in [2.75, 3.05) is 0 Å². The van der Waals surface area contributed by atoms with Gasteiger partial charge >= 0.3 is 0 Å². The first-order valence-corrected chi connectivity index (χ1v) is 7.58. The minimum Gasteiger partial charge on any atom is -0.0763 e. The Balaban J connectivity index is 1.86. The molecule has 1 heteroatoms. The van der Waals surface area contributed by atoms with Crippen LogP contribution in [0.2, 0.25) is 0 Å². The van der Waals surface area contributed by atoms with Crippen LogP contribution in [0, 0.1) is 0 Å². The summed E-state index contributed by atoms with van der Waals surface area (Å²) in [6.45, 7) is 2.27. The topological polar surface area (TPSA) is 0 Å². The standard InChI is InChI=1S/C16H21Br/c1-2-3-4-5-6-7-13-8-9-14-10-11-15(17)12-16(13)14/h8,10-12H,2-7,9H2,1H3. The van der Waals surface area contributed by atoms with Crippen molar-refractivity contribution in [1.29, 1.82) is 0 Å². The monoisotopic (exact) mass is 292 g/mol. The van der Waals surface area contributed by atoms with Crippen LogP contribution in [0.1, 0.15) is 56.6 Å². The molecule has 0 saturated heterocycles. The van der Waals surface area contributed by atoms with Gasteiger partial charge in [-0.2, -0.15) is 0 Å². The molecule has 0 bridgehead atoms. The lowest BCUT2D eigenvalue weighted by atomic mass is 10.0. The van der Waals surface area contributed by atoms with Crippen LogP contribution < -0.4 is 0 Å².